The molecule has 1 aromatic carbocycles. The first-order valence-corrected chi connectivity index (χ1v) is 8.79. The predicted octanol–water partition coefficient (Wildman–Crippen LogP) is 2.29. The summed E-state index contributed by atoms with van der Waals surface area (Å²) in [5.41, 5.74) is 1.05. The summed E-state index contributed by atoms with van der Waals surface area (Å²) in [5.74, 6) is 1.22. The molecule has 7 heteroatoms. The van der Waals surface area contributed by atoms with Gasteiger partial charge in [-0.25, -0.2) is 0 Å². The van der Waals surface area contributed by atoms with E-state index < -0.39 is 0 Å². The minimum absolute atomic E-state index is 0.0231. The fourth-order valence-electron chi connectivity index (χ4n) is 4.07. The third-order valence-corrected chi connectivity index (χ3v) is 5.53. The molecular weight excluding hydrogens is 332 g/mol. The Bertz CT molecular complexity index is 846. The number of amides is 1. The van der Waals surface area contributed by atoms with Gasteiger partial charge in [-0.05, 0) is 44.0 Å². The van der Waals surface area contributed by atoms with Crippen LogP contribution < -0.4 is 0 Å². The Hall–Kier alpha value is -2.72. The van der Waals surface area contributed by atoms with Gasteiger partial charge in [-0.3, -0.25) is 4.79 Å². The molecule has 0 aliphatic carbocycles. The molecule has 0 radical (unpaired) electrons. The van der Waals surface area contributed by atoms with Crippen LogP contribution in [0.15, 0.2) is 28.8 Å². The minimum Gasteiger partial charge on any atom is -0.381 e. The SMILES string of the molecule is Cc1noc([C@@H]2CN(C(=O)c3ccc(C#N)cc3)CC23CCOCC3)n1. The van der Waals surface area contributed by atoms with Gasteiger partial charge in [0.2, 0.25) is 5.89 Å². The van der Waals surface area contributed by atoms with Crippen molar-refractivity contribution in [3.8, 4) is 6.07 Å². The molecule has 1 aromatic heterocycles. The Morgan fingerprint density at radius 3 is 2.65 bits per heavy atom. The van der Waals surface area contributed by atoms with Gasteiger partial charge >= 0.3 is 0 Å². The molecule has 2 aromatic rings. The zero-order valence-corrected chi connectivity index (χ0v) is 14.6. The van der Waals surface area contributed by atoms with Crippen molar-refractivity contribution >= 4 is 5.91 Å². The van der Waals surface area contributed by atoms with E-state index in [1.807, 2.05) is 4.90 Å². The Morgan fingerprint density at radius 1 is 1.31 bits per heavy atom. The summed E-state index contributed by atoms with van der Waals surface area (Å²) >= 11 is 0. The lowest BCUT2D eigenvalue weighted by molar-refractivity contribution is 0.00836. The Kier molecular flexibility index (Phi) is 4.21. The van der Waals surface area contributed by atoms with E-state index in [2.05, 4.69) is 16.2 Å². The standard InChI is InChI=1S/C19H20N4O3/c1-13-21-17(26-22-13)16-11-23(12-19(16)6-8-25-9-7-19)18(24)15-4-2-14(10-20)3-5-15/h2-5,16H,6-9,11-12H2,1H3/t16-/m0/s1. The Balaban J connectivity index is 1.62. The van der Waals surface area contributed by atoms with Crippen molar-refractivity contribution in [2.24, 2.45) is 5.41 Å². The molecule has 26 heavy (non-hydrogen) atoms. The molecule has 1 spiro atoms. The average molecular weight is 352 g/mol. The predicted molar refractivity (Wildman–Crippen MR) is 91.3 cm³/mol. The van der Waals surface area contributed by atoms with Crippen LogP contribution in [0.2, 0.25) is 0 Å². The Labute approximate surface area is 151 Å². The fourth-order valence-corrected chi connectivity index (χ4v) is 4.07. The second-order valence-electron chi connectivity index (χ2n) is 7.08. The topological polar surface area (TPSA) is 92.2 Å². The highest BCUT2D eigenvalue weighted by atomic mass is 16.5. The van der Waals surface area contributed by atoms with Gasteiger partial charge in [-0.15, -0.1) is 0 Å². The average Bonchev–Trinajstić information content (AvgIpc) is 3.26. The molecule has 0 bridgehead atoms. The first-order valence-electron chi connectivity index (χ1n) is 8.79. The van der Waals surface area contributed by atoms with E-state index in [-0.39, 0.29) is 17.2 Å². The van der Waals surface area contributed by atoms with Gasteiger partial charge in [0.25, 0.3) is 5.91 Å². The molecule has 0 N–H and O–H groups in total. The monoisotopic (exact) mass is 352 g/mol. The molecule has 1 atom stereocenters. The van der Waals surface area contributed by atoms with E-state index in [0.29, 0.717) is 49.1 Å². The van der Waals surface area contributed by atoms with Crippen LogP contribution in [0, 0.1) is 23.7 Å². The van der Waals surface area contributed by atoms with Crippen molar-refractivity contribution < 1.29 is 14.1 Å². The molecule has 2 aliphatic heterocycles. The summed E-state index contributed by atoms with van der Waals surface area (Å²) in [7, 11) is 0. The molecule has 134 valence electrons. The number of aromatic nitrogens is 2. The summed E-state index contributed by atoms with van der Waals surface area (Å²) in [6, 6.07) is 8.84. The van der Waals surface area contributed by atoms with E-state index in [1.54, 1.807) is 31.2 Å². The maximum absolute atomic E-state index is 13.0. The third-order valence-electron chi connectivity index (χ3n) is 5.53. The van der Waals surface area contributed by atoms with Crippen LogP contribution in [0.4, 0.5) is 0 Å². The summed E-state index contributed by atoms with van der Waals surface area (Å²) in [4.78, 5) is 19.3. The van der Waals surface area contributed by atoms with Crippen molar-refractivity contribution in [2.75, 3.05) is 26.3 Å². The summed E-state index contributed by atoms with van der Waals surface area (Å²) < 4.78 is 11.0. The lowest BCUT2D eigenvalue weighted by Crippen LogP contribution is -2.37. The molecule has 7 nitrogen and oxygen atoms in total. The molecular formula is C19H20N4O3. The number of hydrogen-bond donors (Lipinski definition) is 0. The maximum atomic E-state index is 13.0. The highest BCUT2D eigenvalue weighted by Crippen LogP contribution is 2.49. The van der Waals surface area contributed by atoms with Gasteiger partial charge in [-0.2, -0.15) is 10.2 Å². The summed E-state index contributed by atoms with van der Waals surface area (Å²) in [5, 5.41) is 12.9. The van der Waals surface area contributed by atoms with Crippen LogP contribution in [0.5, 0.6) is 0 Å². The van der Waals surface area contributed by atoms with Crippen LogP contribution in [0.3, 0.4) is 0 Å². The molecule has 2 fully saturated rings. The minimum atomic E-state index is -0.0839. The van der Waals surface area contributed by atoms with Crippen LogP contribution in [0.25, 0.3) is 0 Å². The van der Waals surface area contributed by atoms with Crippen molar-refractivity contribution in [1.29, 1.82) is 5.26 Å². The summed E-state index contributed by atoms with van der Waals surface area (Å²) in [6.45, 7) is 4.38. The molecule has 0 unspecified atom stereocenters. The first kappa shape index (κ1) is 16.7. The van der Waals surface area contributed by atoms with E-state index in [9.17, 15) is 4.79 Å². The molecule has 0 saturated carbocycles. The van der Waals surface area contributed by atoms with Gasteiger partial charge in [0.15, 0.2) is 5.82 Å². The normalized spacial score (nSPS) is 21.7. The zero-order chi connectivity index (χ0) is 18.1. The second-order valence-corrected chi connectivity index (χ2v) is 7.08. The lowest BCUT2D eigenvalue weighted by Gasteiger charge is -2.36. The maximum Gasteiger partial charge on any atom is 0.253 e. The van der Waals surface area contributed by atoms with E-state index in [0.717, 1.165) is 12.8 Å². The number of aryl methyl sites for hydroxylation is 1. The van der Waals surface area contributed by atoms with Crippen LogP contribution in [0.1, 0.15) is 46.4 Å². The van der Waals surface area contributed by atoms with Crippen molar-refractivity contribution in [3.05, 3.63) is 47.1 Å². The number of hydrogen-bond acceptors (Lipinski definition) is 6. The number of nitrogens with zero attached hydrogens (tertiary/aromatic N) is 4. The Morgan fingerprint density at radius 2 is 2.04 bits per heavy atom. The zero-order valence-electron chi connectivity index (χ0n) is 14.6. The molecule has 3 heterocycles. The highest BCUT2D eigenvalue weighted by molar-refractivity contribution is 5.94. The van der Waals surface area contributed by atoms with Crippen LogP contribution in [-0.2, 0) is 4.74 Å². The van der Waals surface area contributed by atoms with Crippen LogP contribution in [-0.4, -0.2) is 47.3 Å². The quantitative estimate of drug-likeness (QED) is 0.823. The number of benzene rings is 1. The number of nitriles is 1. The van der Waals surface area contributed by atoms with Crippen LogP contribution >= 0.6 is 0 Å². The van der Waals surface area contributed by atoms with E-state index >= 15 is 0 Å². The van der Waals surface area contributed by atoms with Crippen molar-refractivity contribution in [2.45, 2.75) is 25.7 Å². The summed E-state index contributed by atoms with van der Waals surface area (Å²) in [6.07, 6.45) is 1.74. The number of carbonyl (C=O) groups excluding carboxylic acids is 1. The second kappa shape index (κ2) is 6.54. The van der Waals surface area contributed by atoms with Gasteiger partial charge in [0.1, 0.15) is 0 Å². The van der Waals surface area contributed by atoms with E-state index in [4.69, 9.17) is 14.5 Å². The first-order chi connectivity index (χ1) is 12.6. The third kappa shape index (κ3) is 2.86. The molecule has 4 rings (SSSR count). The largest absolute Gasteiger partial charge is 0.381 e. The molecule has 1 amide bonds. The number of carbonyl (C=O) groups is 1. The molecule has 2 saturated heterocycles. The fraction of sp³-hybridized carbons (Fsp3) is 0.474. The highest BCUT2D eigenvalue weighted by Gasteiger charge is 2.51. The number of ether oxygens (including phenoxy) is 1. The van der Waals surface area contributed by atoms with Gasteiger partial charge in [0.05, 0.1) is 17.6 Å². The van der Waals surface area contributed by atoms with E-state index in [1.165, 1.54) is 0 Å². The van der Waals surface area contributed by atoms with Gasteiger partial charge in [0, 0.05) is 37.3 Å². The smallest absolute Gasteiger partial charge is 0.253 e. The number of rotatable bonds is 2. The van der Waals surface area contributed by atoms with Gasteiger partial charge in [-0.1, -0.05) is 5.16 Å². The van der Waals surface area contributed by atoms with Gasteiger partial charge < -0.3 is 14.2 Å². The lowest BCUT2D eigenvalue weighted by atomic mass is 9.72. The number of likely N-dealkylation sites (tertiary alicyclic amines) is 1. The molecule has 2 aliphatic rings. The van der Waals surface area contributed by atoms with Crippen molar-refractivity contribution in [1.82, 2.24) is 15.0 Å². The van der Waals surface area contributed by atoms with Crippen molar-refractivity contribution in [3.63, 3.8) is 0 Å².